The number of para-hydroxylation sites is 1. The summed E-state index contributed by atoms with van der Waals surface area (Å²) in [7, 11) is 3.23. The van der Waals surface area contributed by atoms with Crippen LogP contribution in [0.2, 0.25) is 0 Å². The van der Waals surface area contributed by atoms with Crippen molar-refractivity contribution in [3.63, 3.8) is 0 Å². The van der Waals surface area contributed by atoms with Crippen LogP contribution in [0.3, 0.4) is 0 Å². The van der Waals surface area contributed by atoms with Gasteiger partial charge in [0.05, 0.1) is 31.7 Å². The topological polar surface area (TPSA) is 78.2 Å². The summed E-state index contributed by atoms with van der Waals surface area (Å²) in [5.41, 5.74) is 2.11. The van der Waals surface area contributed by atoms with Crippen molar-refractivity contribution in [2.75, 3.05) is 27.4 Å². The fourth-order valence-corrected chi connectivity index (χ4v) is 5.43. The van der Waals surface area contributed by atoms with Crippen LogP contribution in [0.4, 0.5) is 0 Å². The summed E-state index contributed by atoms with van der Waals surface area (Å²) in [4.78, 5) is 27.8. The number of hydrogen-bond acceptors (Lipinski definition) is 6. The van der Waals surface area contributed by atoms with Gasteiger partial charge in [-0.3, -0.25) is 4.79 Å². The summed E-state index contributed by atoms with van der Waals surface area (Å²) in [6.45, 7) is 0.831. The van der Waals surface area contributed by atoms with Gasteiger partial charge in [0.25, 0.3) is 0 Å². The normalized spacial score (nSPS) is 18.2. The number of carbonyl (C=O) groups is 1. The highest BCUT2D eigenvalue weighted by atomic mass is 16.5. The molecule has 5 rings (SSSR count). The first-order valence-corrected chi connectivity index (χ1v) is 12.3. The fourth-order valence-electron chi connectivity index (χ4n) is 5.43. The predicted octanol–water partition coefficient (Wildman–Crippen LogP) is 4.90. The van der Waals surface area contributed by atoms with Crippen LogP contribution in [0.15, 0.2) is 51.7 Å². The minimum absolute atomic E-state index is 0.0533. The van der Waals surface area contributed by atoms with Crippen LogP contribution in [-0.2, 0) is 11.2 Å². The van der Waals surface area contributed by atoms with Gasteiger partial charge in [0.1, 0.15) is 17.9 Å². The minimum atomic E-state index is -0.468. The molecule has 1 saturated carbocycles. The van der Waals surface area contributed by atoms with Crippen molar-refractivity contribution >= 4 is 16.9 Å². The van der Waals surface area contributed by atoms with Gasteiger partial charge in [-0.25, -0.2) is 4.79 Å². The number of fused-ring (bicyclic) bond motifs is 2. The fraction of sp³-hybridized carbons (Fsp3) is 0.429. The lowest BCUT2D eigenvalue weighted by atomic mass is 9.86. The van der Waals surface area contributed by atoms with Crippen LogP contribution in [0.1, 0.15) is 49.3 Å². The second-order valence-corrected chi connectivity index (χ2v) is 9.28. The Labute approximate surface area is 204 Å². The second-order valence-electron chi connectivity index (χ2n) is 9.28. The molecule has 0 N–H and O–H groups in total. The van der Waals surface area contributed by atoms with Gasteiger partial charge >= 0.3 is 5.63 Å². The SMILES string of the molecule is COc1cc2c(cc1OC)C(COc1cc(=O)oc3ccccc13)N(C(=O)C1CCCCC1)CC2. The summed E-state index contributed by atoms with van der Waals surface area (Å²) < 4.78 is 22.7. The monoisotopic (exact) mass is 477 g/mol. The van der Waals surface area contributed by atoms with E-state index >= 15 is 0 Å². The molecule has 0 saturated heterocycles. The molecule has 2 aromatic carbocycles. The lowest BCUT2D eigenvalue weighted by Crippen LogP contribution is -2.45. The van der Waals surface area contributed by atoms with E-state index in [-0.39, 0.29) is 24.5 Å². The van der Waals surface area contributed by atoms with Crippen LogP contribution in [0.5, 0.6) is 17.2 Å². The molecule has 1 aliphatic heterocycles. The standard InChI is InChI=1S/C28H31NO6/c1-32-25-14-19-12-13-29(28(31)18-8-4-3-5-9-18)22(21(19)15-26(25)33-2)17-34-24-16-27(30)35-23-11-7-6-10-20(23)24/h6-7,10-11,14-16,18,22H,3-5,8-9,12-13,17H2,1-2H3. The Kier molecular flexibility index (Phi) is 6.66. The van der Waals surface area contributed by atoms with Gasteiger partial charge in [-0.05, 0) is 54.7 Å². The maximum absolute atomic E-state index is 13.7. The highest BCUT2D eigenvalue weighted by Gasteiger charge is 2.36. The Balaban J connectivity index is 1.51. The van der Waals surface area contributed by atoms with E-state index in [1.165, 1.54) is 12.5 Å². The van der Waals surface area contributed by atoms with Crippen molar-refractivity contribution < 1.29 is 23.4 Å². The van der Waals surface area contributed by atoms with Gasteiger partial charge < -0.3 is 23.5 Å². The van der Waals surface area contributed by atoms with Crippen molar-refractivity contribution in [1.82, 2.24) is 4.90 Å². The second kappa shape index (κ2) is 10.0. The third-order valence-corrected chi connectivity index (χ3v) is 7.25. The van der Waals surface area contributed by atoms with E-state index in [0.717, 1.165) is 48.6 Å². The Hall–Kier alpha value is -3.48. The van der Waals surface area contributed by atoms with Gasteiger partial charge in [0.2, 0.25) is 5.91 Å². The quantitative estimate of drug-likeness (QED) is 0.470. The first-order chi connectivity index (χ1) is 17.1. The summed E-state index contributed by atoms with van der Waals surface area (Å²) in [6, 6.07) is 12.3. The smallest absolute Gasteiger partial charge is 0.339 e. The lowest BCUT2D eigenvalue weighted by Gasteiger charge is -2.40. The Morgan fingerprint density at radius 2 is 1.74 bits per heavy atom. The van der Waals surface area contributed by atoms with Crippen LogP contribution in [-0.4, -0.2) is 38.2 Å². The van der Waals surface area contributed by atoms with Crippen molar-refractivity contribution in [3.05, 3.63) is 64.0 Å². The number of hydrogen-bond donors (Lipinski definition) is 0. The third-order valence-electron chi connectivity index (χ3n) is 7.25. The zero-order valence-electron chi connectivity index (χ0n) is 20.2. The molecule has 0 bridgehead atoms. The third kappa shape index (κ3) is 4.59. The molecule has 1 amide bonds. The highest BCUT2D eigenvalue weighted by Crippen LogP contribution is 2.40. The van der Waals surface area contributed by atoms with Crippen LogP contribution in [0, 0.1) is 5.92 Å². The summed E-state index contributed by atoms with van der Waals surface area (Å²) >= 11 is 0. The van der Waals surface area contributed by atoms with E-state index in [2.05, 4.69) is 0 Å². The van der Waals surface area contributed by atoms with Gasteiger partial charge in [0.15, 0.2) is 11.5 Å². The van der Waals surface area contributed by atoms with Crippen LogP contribution in [0.25, 0.3) is 11.0 Å². The Morgan fingerprint density at radius 1 is 1.00 bits per heavy atom. The Bertz CT molecular complexity index is 1280. The lowest BCUT2D eigenvalue weighted by molar-refractivity contribution is -0.140. The summed E-state index contributed by atoms with van der Waals surface area (Å²) in [5, 5.41) is 0.723. The molecule has 2 heterocycles. The van der Waals surface area contributed by atoms with E-state index in [0.29, 0.717) is 29.4 Å². The molecule has 7 heteroatoms. The number of nitrogens with zero attached hydrogens (tertiary/aromatic N) is 1. The van der Waals surface area contributed by atoms with Crippen molar-refractivity contribution in [2.24, 2.45) is 5.92 Å². The summed E-state index contributed by atoms with van der Waals surface area (Å²) in [5.74, 6) is 1.99. The molecule has 0 spiro atoms. The largest absolute Gasteiger partial charge is 0.493 e. The van der Waals surface area contributed by atoms with E-state index < -0.39 is 5.63 Å². The molecule has 1 aromatic heterocycles. The number of benzene rings is 2. The molecule has 1 unspecified atom stereocenters. The van der Waals surface area contributed by atoms with Crippen molar-refractivity contribution in [2.45, 2.75) is 44.6 Å². The molecule has 1 fully saturated rings. The zero-order valence-corrected chi connectivity index (χ0v) is 20.2. The van der Waals surface area contributed by atoms with Crippen molar-refractivity contribution in [3.8, 4) is 17.2 Å². The molecule has 2 aliphatic rings. The number of methoxy groups -OCH3 is 2. The number of ether oxygens (including phenoxy) is 3. The van der Waals surface area contributed by atoms with Crippen LogP contribution < -0.4 is 19.8 Å². The first-order valence-electron chi connectivity index (χ1n) is 12.3. The molecule has 0 radical (unpaired) electrons. The first kappa shape index (κ1) is 23.3. The molecule has 35 heavy (non-hydrogen) atoms. The van der Waals surface area contributed by atoms with E-state index in [1.54, 1.807) is 20.3 Å². The van der Waals surface area contributed by atoms with Crippen LogP contribution >= 0.6 is 0 Å². The van der Waals surface area contributed by atoms with E-state index in [9.17, 15) is 9.59 Å². The molecule has 3 aromatic rings. The van der Waals surface area contributed by atoms with E-state index in [1.807, 2.05) is 35.2 Å². The molecule has 7 nitrogen and oxygen atoms in total. The Morgan fingerprint density at radius 3 is 2.51 bits per heavy atom. The zero-order chi connectivity index (χ0) is 24.4. The maximum Gasteiger partial charge on any atom is 0.339 e. The van der Waals surface area contributed by atoms with Gasteiger partial charge in [-0.2, -0.15) is 0 Å². The van der Waals surface area contributed by atoms with Gasteiger partial charge in [0, 0.05) is 12.5 Å². The molecule has 184 valence electrons. The summed E-state index contributed by atoms with van der Waals surface area (Å²) in [6.07, 6.45) is 6.00. The number of amides is 1. The number of rotatable bonds is 6. The molecular formula is C28H31NO6. The molecule has 1 atom stereocenters. The van der Waals surface area contributed by atoms with Gasteiger partial charge in [-0.15, -0.1) is 0 Å². The number of carbonyl (C=O) groups excluding carboxylic acids is 1. The van der Waals surface area contributed by atoms with Crippen molar-refractivity contribution in [1.29, 1.82) is 0 Å². The maximum atomic E-state index is 13.7. The average molecular weight is 478 g/mol. The average Bonchev–Trinajstić information content (AvgIpc) is 2.90. The van der Waals surface area contributed by atoms with Gasteiger partial charge in [-0.1, -0.05) is 31.4 Å². The van der Waals surface area contributed by atoms with E-state index in [4.69, 9.17) is 18.6 Å². The molecule has 1 aliphatic carbocycles. The highest BCUT2D eigenvalue weighted by molar-refractivity contribution is 5.83. The predicted molar refractivity (Wildman–Crippen MR) is 132 cm³/mol. The molecular weight excluding hydrogens is 446 g/mol. The minimum Gasteiger partial charge on any atom is -0.493 e.